The number of ether oxygens (including phenoxy) is 1. The summed E-state index contributed by atoms with van der Waals surface area (Å²) in [5.74, 6) is 0.0543. The molecular weight excluding hydrogens is 427 g/mol. The average Bonchev–Trinajstić information content (AvgIpc) is 3.08. The number of hydrogen-bond acceptors (Lipinski definition) is 5. The number of carbonyl (C=O) groups excluding carboxylic acids is 1. The largest absolute Gasteiger partial charge is 0.486 e. The maximum Gasteiger partial charge on any atom is 0.275 e. The third-order valence-electron chi connectivity index (χ3n) is 7.43. The number of nitrogens with zero attached hydrogens (tertiary/aromatic N) is 4. The predicted octanol–water partition coefficient (Wildman–Crippen LogP) is 1.92. The SMILES string of the molecule is Cc1cc2c(cc1F)O[C@@]1(C)C[C@@]21CN1CCn2c(ccc(-n3cnc(CO)c3)c2=O)C1=O. The van der Waals surface area contributed by atoms with E-state index in [-0.39, 0.29) is 29.3 Å². The molecule has 4 heterocycles. The van der Waals surface area contributed by atoms with Crippen molar-refractivity contribution in [2.45, 2.75) is 44.4 Å². The number of aliphatic hydroxyl groups excluding tert-OH is 1. The highest BCUT2D eigenvalue weighted by atomic mass is 19.1. The summed E-state index contributed by atoms with van der Waals surface area (Å²) in [7, 11) is 0. The number of imidazole rings is 1. The number of aromatic nitrogens is 3. The number of rotatable bonds is 4. The molecule has 8 nitrogen and oxygen atoms in total. The number of pyridine rings is 1. The van der Waals surface area contributed by atoms with Crippen molar-refractivity contribution in [3.8, 4) is 11.4 Å². The molecule has 33 heavy (non-hydrogen) atoms. The highest BCUT2D eigenvalue weighted by Gasteiger charge is 2.73. The van der Waals surface area contributed by atoms with Crippen molar-refractivity contribution in [2.75, 3.05) is 13.1 Å². The number of amides is 1. The van der Waals surface area contributed by atoms with Gasteiger partial charge in [-0.25, -0.2) is 9.37 Å². The quantitative estimate of drug-likeness (QED) is 0.656. The maximum atomic E-state index is 14.1. The summed E-state index contributed by atoms with van der Waals surface area (Å²) in [4.78, 5) is 32.3. The molecule has 2 atom stereocenters. The maximum absolute atomic E-state index is 14.1. The van der Waals surface area contributed by atoms with Crippen LogP contribution in [0.2, 0.25) is 0 Å². The molecule has 3 aliphatic rings. The van der Waals surface area contributed by atoms with E-state index in [0.717, 1.165) is 12.0 Å². The van der Waals surface area contributed by atoms with Gasteiger partial charge in [0.1, 0.15) is 28.5 Å². The second-order valence-electron chi connectivity index (χ2n) is 9.41. The Morgan fingerprint density at radius 2 is 2.06 bits per heavy atom. The van der Waals surface area contributed by atoms with Crippen LogP contribution in [0.1, 0.15) is 40.7 Å². The van der Waals surface area contributed by atoms with Gasteiger partial charge in [-0.05, 0) is 37.6 Å². The van der Waals surface area contributed by atoms with Crippen LogP contribution >= 0.6 is 0 Å². The molecule has 1 amide bonds. The van der Waals surface area contributed by atoms with Gasteiger partial charge in [-0.15, -0.1) is 0 Å². The first-order chi connectivity index (χ1) is 15.8. The molecule has 0 bridgehead atoms. The lowest BCUT2D eigenvalue weighted by Crippen LogP contribution is -2.48. The molecule has 2 aromatic heterocycles. The number of halogens is 1. The van der Waals surface area contributed by atoms with Crippen LogP contribution in [0.15, 0.2) is 41.6 Å². The van der Waals surface area contributed by atoms with Crippen LogP contribution in [0.5, 0.6) is 5.75 Å². The van der Waals surface area contributed by atoms with Gasteiger partial charge in [0.05, 0.1) is 24.0 Å². The zero-order chi connectivity index (χ0) is 23.1. The minimum absolute atomic E-state index is 0.206. The number of aliphatic hydroxyl groups is 1. The van der Waals surface area contributed by atoms with Crippen molar-refractivity contribution in [3.63, 3.8) is 0 Å². The van der Waals surface area contributed by atoms with E-state index in [1.54, 1.807) is 34.7 Å². The monoisotopic (exact) mass is 450 g/mol. The molecule has 0 spiro atoms. The Kier molecular flexibility index (Phi) is 4.00. The lowest BCUT2D eigenvalue weighted by atomic mass is 9.91. The van der Waals surface area contributed by atoms with Gasteiger partial charge in [0.25, 0.3) is 11.5 Å². The summed E-state index contributed by atoms with van der Waals surface area (Å²) in [6, 6.07) is 6.55. The fraction of sp³-hybridized carbons (Fsp3) is 0.375. The van der Waals surface area contributed by atoms with Crippen molar-refractivity contribution >= 4 is 5.91 Å². The molecule has 2 aliphatic heterocycles. The van der Waals surface area contributed by atoms with Crippen molar-refractivity contribution < 1.29 is 19.0 Å². The first-order valence-corrected chi connectivity index (χ1v) is 10.9. The van der Waals surface area contributed by atoms with E-state index in [2.05, 4.69) is 4.98 Å². The molecule has 0 saturated heterocycles. The van der Waals surface area contributed by atoms with Gasteiger partial charge in [0.15, 0.2) is 0 Å². The van der Waals surface area contributed by atoms with Crippen LogP contribution in [0.3, 0.4) is 0 Å². The summed E-state index contributed by atoms with van der Waals surface area (Å²) in [6.45, 7) is 4.75. The number of fused-ring (bicyclic) bond motifs is 4. The highest BCUT2D eigenvalue weighted by molar-refractivity contribution is 5.93. The van der Waals surface area contributed by atoms with Crippen LogP contribution in [0.25, 0.3) is 5.69 Å². The lowest BCUT2D eigenvalue weighted by molar-refractivity contribution is 0.0666. The Morgan fingerprint density at radius 3 is 2.82 bits per heavy atom. The summed E-state index contributed by atoms with van der Waals surface area (Å²) < 4.78 is 23.2. The molecule has 1 saturated carbocycles. The molecule has 6 rings (SSSR count). The zero-order valence-corrected chi connectivity index (χ0v) is 18.3. The van der Waals surface area contributed by atoms with Gasteiger partial charge in [-0.3, -0.25) is 9.59 Å². The van der Waals surface area contributed by atoms with Crippen LogP contribution in [-0.4, -0.2) is 48.7 Å². The molecule has 1 N–H and O–H groups in total. The van der Waals surface area contributed by atoms with Crippen molar-refractivity contribution in [3.05, 3.63) is 75.5 Å². The van der Waals surface area contributed by atoms with Gasteiger partial charge in [0.2, 0.25) is 0 Å². The molecule has 9 heteroatoms. The summed E-state index contributed by atoms with van der Waals surface area (Å²) in [5.41, 5.74) is 1.58. The summed E-state index contributed by atoms with van der Waals surface area (Å²) in [5, 5.41) is 9.24. The van der Waals surface area contributed by atoms with Gasteiger partial charge in [-0.1, -0.05) is 0 Å². The lowest BCUT2D eigenvalue weighted by Gasteiger charge is -2.32. The third-order valence-corrected chi connectivity index (χ3v) is 7.43. The van der Waals surface area contributed by atoms with Crippen LogP contribution in [0.4, 0.5) is 4.39 Å². The van der Waals surface area contributed by atoms with E-state index in [1.807, 2.05) is 13.0 Å². The molecule has 0 radical (unpaired) electrons. The smallest absolute Gasteiger partial charge is 0.275 e. The Bertz CT molecular complexity index is 1400. The molecule has 1 aromatic carbocycles. The number of aryl methyl sites for hydroxylation is 1. The first-order valence-electron chi connectivity index (χ1n) is 10.9. The van der Waals surface area contributed by atoms with Gasteiger partial charge < -0.3 is 23.9 Å². The molecule has 170 valence electrons. The Balaban J connectivity index is 1.32. The summed E-state index contributed by atoms with van der Waals surface area (Å²) >= 11 is 0. The Morgan fingerprint density at radius 1 is 1.24 bits per heavy atom. The van der Waals surface area contributed by atoms with Crippen molar-refractivity contribution in [2.24, 2.45) is 0 Å². The van der Waals surface area contributed by atoms with Crippen LogP contribution in [-0.2, 0) is 18.6 Å². The second-order valence-corrected chi connectivity index (χ2v) is 9.41. The zero-order valence-electron chi connectivity index (χ0n) is 18.3. The van der Waals surface area contributed by atoms with Gasteiger partial charge in [0, 0.05) is 43.9 Å². The summed E-state index contributed by atoms with van der Waals surface area (Å²) in [6.07, 6.45) is 3.83. The van der Waals surface area contributed by atoms with Crippen LogP contribution < -0.4 is 10.3 Å². The third kappa shape index (κ3) is 2.68. The number of carbonyl (C=O) groups is 1. The number of benzene rings is 1. The molecule has 0 unspecified atom stereocenters. The van der Waals surface area contributed by atoms with E-state index in [1.165, 1.54) is 17.0 Å². The molecule has 3 aromatic rings. The molecule has 1 fully saturated rings. The average molecular weight is 450 g/mol. The molecule has 1 aliphatic carbocycles. The van der Waals surface area contributed by atoms with E-state index in [4.69, 9.17) is 4.74 Å². The standard InChI is InChI=1S/C24H23FN4O4/c1-14-7-16-20(8-17(14)25)33-23(2)11-24(16,23)12-27-5-6-29-19(21(27)31)4-3-18(22(29)32)28-9-15(10-30)26-13-28/h3-4,7-9,13,30H,5-6,10-12H2,1-2H3/t23-,24+/m0/s1. The van der Waals surface area contributed by atoms with E-state index < -0.39 is 5.60 Å². The van der Waals surface area contributed by atoms with E-state index in [0.29, 0.717) is 48.0 Å². The highest BCUT2D eigenvalue weighted by Crippen LogP contribution is 2.67. The predicted molar refractivity (Wildman–Crippen MR) is 116 cm³/mol. The molecular formula is C24H23FN4O4. The van der Waals surface area contributed by atoms with E-state index in [9.17, 15) is 19.1 Å². The first kappa shape index (κ1) is 20.2. The fourth-order valence-corrected chi connectivity index (χ4v) is 5.43. The Hall–Kier alpha value is -3.46. The van der Waals surface area contributed by atoms with Gasteiger partial charge in [-0.2, -0.15) is 0 Å². The van der Waals surface area contributed by atoms with E-state index >= 15 is 0 Å². The van der Waals surface area contributed by atoms with Gasteiger partial charge >= 0.3 is 0 Å². The van der Waals surface area contributed by atoms with Crippen molar-refractivity contribution in [1.82, 2.24) is 19.0 Å². The second kappa shape index (κ2) is 6.54. The normalized spacial score (nSPS) is 24.8. The fourth-order valence-electron chi connectivity index (χ4n) is 5.43. The van der Waals surface area contributed by atoms with Crippen LogP contribution in [0, 0.1) is 12.7 Å². The minimum Gasteiger partial charge on any atom is -0.486 e. The Labute approximate surface area is 188 Å². The number of hydrogen-bond donors (Lipinski definition) is 1. The minimum atomic E-state index is -0.456. The van der Waals surface area contributed by atoms with Crippen molar-refractivity contribution in [1.29, 1.82) is 0 Å². The topological polar surface area (TPSA) is 89.6 Å².